The van der Waals surface area contributed by atoms with E-state index in [-0.39, 0.29) is 13.2 Å². The van der Waals surface area contributed by atoms with E-state index in [1.165, 1.54) is 0 Å². The van der Waals surface area contributed by atoms with Crippen LogP contribution >= 0.6 is 0 Å². The highest BCUT2D eigenvalue weighted by Gasteiger charge is 2.37. The highest BCUT2D eigenvalue weighted by Crippen LogP contribution is 2.10. The minimum Gasteiger partial charge on any atom is -0.387 e. The van der Waals surface area contributed by atoms with Crippen LogP contribution in [0, 0.1) is 6.61 Å². The predicted molar refractivity (Wildman–Crippen MR) is 74.6 cm³/mol. The third-order valence-electron chi connectivity index (χ3n) is 3.10. The number of benzene rings is 1. The van der Waals surface area contributed by atoms with Gasteiger partial charge in [-0.05, 0) is 5.56 Å². The lowest BCUT2D eigenvalue weighted by Gasteiger charge is -2.27. The summed E-state index contributed by atoms with van der Waals surface area (Å²) in [7, 11) is 0. The van der Waals surface area contributed by atoms with E-state index in [9.17, 15) is 25.2 Å². The zero-order chi connectivity index (χ0) is 16.7. The molecule has 5 unspecified atom stereocenters. The van der Waals surface area contributed by atoms with Crippen molar-refractivity contribution in [2.75, 3.05) is 0 Å². The molecular weight excluding hydrogens is 294 g/mol. The molecule has 0 saturated heterocycles. The molecule has 0 heterocycles. The maximum atomic E-state index is 11.7. The number of hydrogen-bond donors (Lipinski definition) is 7. The molecule has 8 nitrogen and oxygen atoms in total. The third-order valence-corrected chi connectivity index (χ3v) is 3.10. The fourth-order valence-electron chi connectivity index (χ4n) is 1.72. The van der Waals surface area contributed by atoms with Gasteiger partial charge in [0, 0.05) is 6.54 Å². The molecule has 1 aromatic rings. The molecule has 7 N–H and O–H groups in total. The average Bonchev–Trinajstić information content (AvgIpc) is 2.56. The molecule has 1 aromatic carbocycles. The summed E-state index contributed by atoms with van der Waals surface area (Å²) >= 11 is 0. The normalized spacial score (nSPS) is 18.1. The van der Waals surface area contributed by atoms with Gasteiger partial charge in [-0.1, -0.05) is 30.3 Å². The van der Waals surface area contributed by atoms with Crippen LogP contribution in [0.5, 0.6) is 0 Å². The highest BCUT2D eigenvalue weighted by molar-refractivity contribution is 5.81. The maximum Gasteiger partial charge on any atom is 0.251 e. The summed E-state index contributed by atoms with van der Waals surface area (Å²) < 4.78 is 0. The van der Waals surface area contributed by atoms with Crippen LogP contribution in [-0.2, 0) is 11.3 Å². The van der Waals surface area contributed by atoms with Crippen molar-refractivity contribution in [1.29, 1.82) is 0 Å². The Kier molecular flexibility index (Phi) is 7.39. The molecule has 22 heavy (non-hydrogen) atoms. The minimum absolute atomic E-state index is 0.106. The zero-order valence-electron chi connectivity index (χ0n) is 11.6. The first-order valence-corrected chi connectivity index (χ1v) is 6.58. The van der Waals surface area contributed by atoms with E-state index in [4.69, 9.17) is 10.2 Å². The Balaban J connectivity index is 2.54. The lowest BCUT2D eigenvalue weighted by atomic mass is 9.99. The van der Waals surface area contributed by atoms with E-state index in [0.29, 0.717) is 0 Å². The second-order valence-electron chi connectivity index (χ2n) is 4.76. The van der Waals surface area contributed by atoms with Crippen LogP contribution in [0.3, 0.4) is 0 Å². The molecule has 0 aromatic heterocycles. The number of amides is 1. The van der Waals surface area contributed by atoms with E-state index in [1.807, 2.05) is 0 Å². The van der Waals surface area contributed by atoms with Gasteiger partial charge in [-0.3, -0.25) is 4.79 Å². The van der Waals surface area contributed by atoms with Gasteiger partial charge >= 0.3 is 0 Å². The van der Waals surface area contributed by atoms with Gasteiger partial charge in [0.05, 0.1) is 0 Å². The molecule has 1 amide bonds. The van der Waals surface area contributed by atoms with Crippen molar-refractivity contribution < 1.29 is 35.4 Å². The number of carbonyl (C=O) groups is 1. The average molecular weight is 314 g/mol. The summed E-state index contributed by atoms with van der Waals surface area (Å²) in [6, 6.07) is 8.81. The van der Waals surface area contributed by atoms with Crippen molar-refractivity contribution in [1.82, 2.24) is 5.32 Å². The lowest BCUT2D eigenvalue weighted by Crippen LogP contribution is -2.53. The molecule has 123 valence electrons. The van der Waals surface area contributed by atoms with Crippen LogP contribution in [0.15, 0.2) is 30.3 Å². The number of aliphatic hydroxyl groups excluding tert-OH is 6. The topological polar surface area (TPSA) is 150 Å². The van der Waals surface area contributed by atoms with Gasteiger partial charge in [-0.2, -0.15) is 0 Å². The Morgan fingerprint density at radius 2 is 1.59 bits per heavy atom. The Labute approximate surface area is 127 Å². The van der Waals surface area contributed by atoms with Crippen LogP contribution in [0.25, 0.3) is 0 Å². The van der Waals surface area contributed by atoms with Crippen LogP contribution in [-0.4, -0.2) is 67.1 Å². The number of nitrogens with one attached hydrogen (secondary N) is 1. The monoisotopic (exact) mass is 314 g/mol. The first kappa shape index (κ1) is 18.5. The Morgan fingerprint density at radius 3 is 2.14 bits per heavy atom. The molecule has 0 aliphatic rings. The molecule has 1 radical (unpaired) electrons. The fraction of sp³-hybridized carbons (Fsp3) is 0.429. The number of carbonyl (C=O) groups excluding carboxylic acids is 1. The zero-order valence-corrected chi connectivity index (χ0v) is 11.6. The second-order valence-corrected chi connectivity index (χ2v) is 4.76. The molecule has 8 heteroatoms. The summed E-state index contributed by atoms with van der Waals surface area (Å²) in [6.07, 6.45) is -9.88. The van der Waals surface area contributed by atoms with Crippen LogP contribution in [0.4, 0.5) is 0 Å². The van der Waals surface area contributed by atoms with Crippen molar-refractivity contribution in [2.45, 2.75) is 37.1 Å². The Hall–Kier alpha value is -1.55. The van der Waals surface area contributed by atoms with Crippen molar-refractivity contribution in [3.8, 4) is 0 Å². The van der Waals surface area contributed by atoms with Gasteiger partial charge in [-0.15, -0.1) is 0 Å². The van der Waals surface area contributed by atoms with E-state index >= 15 is 0 Å². The maximum absolute atomic E-state index is 11.7. The van der Waals surface area contributed by atoms with E-state index < -0.39 is 36.4 Å². The standard InChI is InChI=1S/C14H20NO7/c16-7-9(17)10(18)11(19)12(20)13(21)14(22)15-6-8-4-2-1-3-5-8/h1-5,7,9-13,16-21H,6H2,(H,15,22). The minimum atomic E-state index is -2.04. The van der Waals surface area contributed by atoms with Crippen molar-refractivity contribution >= 4 is 5.91 Å². The molecule has 1 rings (SSSR count). The number of hydrogen-bond acceptors (Lipinski definition) is 7. The van der Waals surface area contributed by atoms with Gasteiger partial charge in [0.1, 0.15) is 31.0 Å². The van der Waals surface area contributed by atoms with Crippen molar-refractivity contribution in [3.63, 3.8) is 0 Å². The van der Waals surface area contributed by atoms with E-state index in [0.717, 1.165) is 5.56 Å². The number of rotatable bonds is 8. The van der Waals surface area contributed by atoms with E-state index in [2.05, 4.69) is 5.32 Å². The van der Waals surface area contributed by atoms with Gasteiger partial charge in [-0.25, -0.2) is 0 Å². The molecule has 0 fully saturated rings. The van der Waals surface area contributed by atoms with E-state index in [1.54, 1.807) is 30.3 Å². The predicted octanol–water partition coefficient (Wildman–Crippen LogP) is -2.36. The number of aliphatic hydroxyl groups is 6. The smallest absolute Gasteiger partial charge is 0.251 e. The Morgan fingerprint density at radius 1 is 1.00 bits per heavy atom. The summed E-state index contributed by atoms with van der Waals surface area (Å²) in [6.45, 7) is 0.317. The van der Waals surface area contributed by atoms with Gasteiger partial charge in [0.25, 0.3) is 5.91 Å². The first-order valence-electron chi connectivity index (χ1n) is 6.58. The molecule has 0 bridgehead atoms. The molecule has 0 spiro atoms. The molecule has 5 atom stereocenters. The summed E-state index contributed by atoms with van der Waals surface area (Å²) in [5.41, 5.74) is 0.767. The third kappa shape index (κ3) is 5.02. The summed E-state index contributed by atoms with van der Waals surface area (Å²) in [5, 5.41) is 58.2. The molecule has 0 saturated carbocycles. The summed E-state index contributed by atoms with van der Waals surface area (Å²) in [5.74, 6) is -0.954. The largest absolute Gasteiger partial charge is 0.387 e. The SMILES string of the molecule is O=C(NCc1ccccc1)C(O)C(O)C(O)C(O)C(O)[CH]O. The van der Waals surface area contributed by atoms with Crippen molar-refractivity contribution in [2.24, 2.45) is 0 Å². The van der Waals surface area contributed by atoms with Crippen molar-refractivity contribution in [3.05, 3.63) is 42.5 Å². The van der Waals surface area contributed by atoms with Crippen LogP contribution in [0.2, 0.25) is 0 Å². The highest BCUT2D eigenvalue weighted by atomic mass is 16.4. The second kappa shape index (κ2) is 8.79. The fourth-order valence-corrected chi connectivity index (χ4v) is 1.72. The lowest BCUT2D eigenvalue weighted by molar-refractivity contribution is -0.154. The molecule has 0 aliphatic heterocycles. The van der Waals surface area contributed by atoms with Gasteiger partial charge in [0.2, 0.25) is 0 Å². The molecular formula is C14H20NO7. The first-order chi connectivity index (χ1) is 10.4. The Bertz CT molecular complexity index is 456. The quantitative estimate of drug-likeness (QED) is 0.284. The van der Waals surface area contributed by atoms with Crippen LogP contribution in [0.1, 0.15) is 5.56 Å². The van der Waals surface area contributed by atoms with Crippen LogP contribution < -0.4 is 5.32 Å². The summed E-state index contributed by atoms with van der Waals surface area (Å²) in [4.78, 5) is 11.7. The van der Waals surface area contributed by atoms with Gasteiger partial charge in [0.15, 0.2) is 6.10 Å². The van der Waals surface area contributed by atoms with Gasteiger partial charge < -0.3 is 36.0 Å². The molecule has 0 aliphatic carbocycles.